The zero-order valence-corrected chi connectivity index (χ0v) is 13.2. The van der Waals surface area contributed by atoms with Gasteiger partial charge in [0.2, 0.25) is 5.91 Å². The summed E-state index contributed by atoms with van der Waals surface area (Å²) < 4.78 is 0. The van der Waals surface area contributed by atoms with Crippen LogP contribution in [0.15, 0.2) is 18.2 Å². The Morgan fingerprint density at radius 2 is 2.04 bits per heavy atom. The lowest BCUT2D eigenvalue weighted by molar-refractivity contribution is -0.383. The highest BCUT2D eigenvalue weighted by Gasteiger charge is 2.27. The van der Waals surface area contributed by atoms with Crippen LogP contribution in [0.25, 0.3) is 0 Å². The van der Waals surface area contributed by atoms with E-state index in [2.05, 4.69) is 5.32 Å². The standard InChI is InChI=1S/C14H18N4O6/c1-8(14(21)22)17(6-5-16-9(2)19)13(20)10-3-4-11(15)12(7-10)18(23)24/h3-4,7-8H,5-6,15H2,1-2H3,(H,16,19)(H,21,22). The average Bonchev–Trinajstić information content (AvgIpc) is 2.50. The number of carboxylic acids is 1. The molecule has 0 spiro atoms. The van der Waals surface area contributed by atoms with Crippen molar-refractivity contribution in [2.24, 2.45) is 0 Å². The van der Waals surface area contributed by atoms with Crippen molar-refractivity contribution in [3.8, 4) is 0 Å². The van der Waals surface area contributed by atoms with E-state index in [-0.39, 0.29) is 30.2 Å². The van der Waals surface area contributed by atoms with Crippen LogP contribution in [-0.2, 0) is 9.59 Å². The maximum atomic E-state index is 12.5. The lowest BCUT2D eigenvalue weighted by atomic mass is 10.1. The van der Waals surface area contributed by atoms with Gasteiger partial charge in [0, 0.05) is 31.6 Å². The third kappa shape index (κ3) is 4.66. The van der Waals surface area contributed by atoms with Crippen molar-refractivity contribution >= 4 is 29.2 Å². The Labute approximate surface area is 137 Å². The minimum atomic E-state index is -1.24. The number of rotatable bonds is 7. The van der Waals surface area contributed by atoms with Gasteiger partial charge in [-0.05, 0) is 19.1 Å². The van der Waals surface area contributed by atoms with E-state index in [9.17, 15) is 24.5 Å². The van der Waals surface area contributed by atoms with E-state index in [1.54, 1.807) is 0 Å². The Morgan fingerprint density at radius 1 is 1.42 bits per heavy atom. The first-order chi connectivity index (χ1) is 11.1. The summed E-state index contributed by atoms with van der Waals surface area (Å²) in [6.07, 6.45) is 0. The van der Waals surface area contributed by atoms with Gasteiger partial charge >= 0.3 is 5.97 Å². The molecular formula is C14H18N4O6. The predicted molar refractivity (Wildman–Crippen MR) is 84.3 cm³/mol. The Hall–Kier alpha value is -3.17. The fourth-order valence-electron chi connectivity index (χ4n) is 1.96. The maximum absolute atomic E-state index is 12.5. The van der Waals surface area contributed by atoms with Crippen molar-refractivity contribution < 1.29 is 24.4 Å². The molecule has 1 aromatic rings. The quantitative estimate of drug-likeness (QED) is 0.365. The second-order valence-electron chi connectivity index (χ2n) is 5.03. The van der Waals surface area contributed by atoms with E-state index < -0.39 is 28.5 Å². The number of nitro groups is 1. The van der Waals surface area contributed by atoms with Gasteiger partial charge in [0.25, 0.3) is 11.6 Å². The molecule has 0 fully saturated rings. The number of hydrogen-bond donors (Lipinski definition) is 3. The second-order valence-corrected chi connectivity index (χ2v) is 5.03. The molecule has 0 saturated carbocycles. The monoisotopic (exact) mass is 338 g/mol. The molecule has 0 aromatic heterocycles. The molecule has 1 aromatic carbocycles. The van der Waals surface area contributed by atoms with Crippen molar-refractivity contribution in [3.05, 3.63) is 33.9 Å². The number of nitrogens with zero attached hydrogens (tertiary/aromatic N) is 2. The van der Waals surface area contributed by atoms with Gasteiger partial charge < -0.3 is 21.1 Å². The highest BCUT2D eigenvalue weighted by atomic mass is 16.6. The van der Waals surface area contributed by atoms with Gasteiger partial charge in [0.15, 0.2) is 0 Å². The third-order valence-corrected chi connectivity index (χ3v) is 3.29. The zero-order chi connectivity index (χ0) is 18.4. The number of aliphatic carboxylic acids is 1. The molecule has 0 radical (unpaired) electrons. The molecule has 0 heterocycles. The Morgan fingerprint density at radius 3 is 2.54 bits per heavy atom. The van der Waals surface area contributed by atoms with E-state index >= 15 is 0 Å². The molecule has 24 heavy (non-hydrogen) atoms. The topological polar surface area (TPSA) is 156 Å². The molecule has 1 unspecified atom stereocenters. The number of nitro benzene ring substituents is 1. The van der Waals surface area contributed by atoms with Gasteiger partial charge in [0.05, 0.1) is 4.92 Å². The van der Waals surface area contributed by atoms with Crippen molar-refractivity contribution in [1.82, 2.24) is 10.2 Å². The number of nitrogens with one attached hydrogen (secondary N) is 1. The molecule has 10 nitrogen and oxygen atoms in total. The second kappa shape index (κ2) is 7.90. The normalized spacial score (nSPS) is 11.4. The number of anilines is 1. The lowest BCUT2D eigenvalue weighted by Gasteiger charge is -2.26. The van der Waals surface area contributed by atoms with Crippen LogP contribution in [0, 0.1) is 10.1 Å². The number of hydrogen-bond acceptors (Lipinski definition) is 6. The average molecular weight is 338 g/mol. The number of nitrogen functional groups attached to an aromatic ring is 1. The van der Waals surface area contributed by atoms with Gasteiger partial charge in [0.1, 0.15) is 11.7 Å². The summed E-state index contributed by atoms with van der Waals surface area (Å²) in [5.74, 6) is -2.28. The van der Waals surface area contributed by atoms with Gasteiger partial charge in [-0.25, -0.2) is 4.79 Å². The van der Waals surface area contributed by atoms with Crippen molar-refractivity contribution in [1.29, 1.82) is 0 Å². The smallest absolute Gasteiger partial charge is 0.326 e. The van der Waals surface area contributed by atoms with Gasteiger partial charge in [-0.15, -0.1) is 0 Å². The number of carbonyl (C=O) groups excluding carboxylic acids is 2. The summed E-state index contributed by atoms with van der Waals surface area (Å²) in [4.78, 5) is 45.8. The van der Waals surface area contributed by atoms with Crippen LogP contribution >= 0.6 is 0 Å². The Balaban J connectivity index is 3.10. The summed E-state index contributed by atoms with van der Waals surface area (Å²) in [6.45, 7) is 2.58. The number of amides is 2. The molecule has 0 aliphatic carbocycles. The van der Waals surface area contributed by atoms with Crippen molar-refractivity contribution in [3.63, 3.8) is 0 Å². The van der Waals surface area contributed by atoms with E-state index in [0.717, 1.165) is 11.0 Å². The molecule has 0 aliphatic heterocycles. The summed E-state index contributed by atoms with van der Waals surface area (Å²) in [5, 5.41) is 22.5. The van der Waals surface area contributed by atoms with Crippen LogP contribution in [0.3, 0.4) is 0 Å². The first-order valence-corrected chi connectivity index (χ1v) is 6.97. The molecule has 0 saturated heterocycles. The Kier molecular flexibility index (Phi) is 6.22. The lowest BCUT2D eigenvalue weighted by Crippen LogP contribution is -2.46. The summed E-state index contributed by atoms with van der Waals surface area (Å²) >= 11 is 0. The van der Waals surface area contributed by atoms with Crippen LogP contribution < -0.4 is 11.1 Å². The predicted octanol–water partition coefficient (Wildman–Crippen LogP) is 0.228. The van der Waals surface area contributed by atoms with Gasteiger partial charge in [-0.1, -0.05) is 0 Å². The first kappa shape index (κ1) is 18.9. The Bertz CT molecular complexity index is 675. The van der Waals surface area contributed by atoms with E-state index in [4.69, 9.17) is 10.8 Å². The van der Waals surface area contributed by atoms with Crippen LogP contribution in [0.2, 0.25) is 0 Å². The highest BCUT2D eigenvalue weighted by Crippen LogP contribution is 2.23. The number of carboxylic acid groups (broad SMARTS) is 1. The minimum Gasteiger partial charge on any atom is -0.480 e. The van der Waals surface area contributed by atoms with Gasteiger partial charge in [-0.3, -0.25) is 19.7 Å². The molecule has 0 aliphatic rings. The molecule has 10 heteroatoms. The largest absolute Gasteiger partial charge is 0.480 e. The third-order valence-electron chi connectivity index (χ3n) is 3.29. The zero-order valence-electron chi connectivity index (χ0n) is 13.2. The van der Waals surface area contributed by atoms with E-state index in [1.807, 2.05) is 0 Å². The van der Waals surface area contributed by atoms with Crippen LogP contribution in [-0.4, -0.2) is 51.8 Å². The molecule has 1 atom stereocenters. The molecule has 130 valence electrons. The molecule has 0 bridgehead atoms. The number of benzene rings is 1. The van der Waals surface area contributed by atoms with Crippen molar-refractivity contribution in [2.75, 3.05) is 18.8 Å². The molecule has 1 rings (SSSR count). The molecular weight excluding hydrogens is 320 g/mol. The minimum absolute atomic E-state index is 0.0513. The van der Waals surface area contributed by atoms with Crippen LogP contribution in [0.1, 0.15) is 24.2 Å². The fraction of sp³-hybridized carbons (Fsp3) is 0.357. The maximum Gasteiger partial charge on any atom is 0.326 e. The summed E-state index contributed by atoms with van der Waals surface area (Å²) in [6, 6.07) is 2.31. The van der Waals surface area contributed by atoms with E-state index in [1.165, 1.54) is 26.0 Å². The fourth-order valence-corrected chi connectivity index (χ4v) is 1.96. The van der Waals surface area contributed by atoms with Crippen molar-refractivity contribution in [2.45, 2.75) is 19.9 Å². The number of carbonyl (C=O) groups is 3. The van der Waals surface area contributed by atoms with Crippen LogP contribution in [0.4, 0.5) is 11.4 Å². The van der Waals surface area contributed by atoms with Crippen LogP contribution in [0.5, 0.6) is 0 Å². The van der Waals surface area contributed by atoms with E-state index in [0.29, 0.717) is 0 Å². The highest BCUT2D eigenvalue weighted by molar-refractivity contribution is 5.97. The van der Waals surface area contributed by atoms with Gasteiger partial charge in [-0.2, -0.15) is 0 Å². The molecule has 4 N–H and O–H groups in total. The SMILES string of the molecule is CC(=O)NCCN(C(=O)c1ccc(N)c([N+](=O)[O-])c1)C(C)C(=O)O. The first-order valence-electron chi connectivity index (χ1n) is 6.97. The summed E-state index contributed by atoms with van der Waals surface area (Å²) in [5.41, 5.74) is 4.87. The number of nitrogens with two attached hydrogens (primary N) is 1. The molecule has 2 amide bonds. The summed E-state index contributed by atoms with van der Waals surface area (Å²) in [7, 11) is 0.